The second-order valence-corrected chi connectivity index (χ2v) is 7.67. The molecule has 0 saturated carbocycles. The van der Waals surface area contributed by atoms with Crippen molar-refractivity contribution in [3.05, 3.63) is 29.7 Å². The topological polar surface area (TPSA) is 63.0 Å². The summed E-state index contributed by atoms with van der Waals surface area (Å²) in [5, 5.41) is 9.10. The molecule has 0 bridgehead atoms. The van der Waals surface area contributed by atoms with Crippen LogP contribution in [0.25, 0.3) is 0 Å². The van der Waals surface area contributed by atoms with Gasteiger partial charge in [0.05, 0.1) is 6.54 Å². The molecule has 7 heteroatoms. The molecule has 0 aromatic carbocycles. The summed E-state index contributed by atoms with van der Waals surface area (Å²) in [5.74, 6) is 3.65. The van der Waals surface area contributed by atoms with Crippen molar-refractivity contribution in [1.29, 1.82) is 0 Å². The van der Waals surface area contributed by atoms with E-state index < -0.39 is 0 Å². The standard InChI is InChI=1S/C19H29N7/c1-15-11-17(21-14-20-15)26-10-6-7-16(12-26)19-23-22-18(24(19)2)13-25-8-4-3-5-9-25/h11,14,16H,3-10,12-13H2,1-2H3/t16-/m0/s1. The molecule has 1 atom stereocenters. The van der Waals surface area contributed by atoms with Crippen LogP contribution in [0.4, 0.5) is 5.82 Å². The number of likely N-dealkylation sites (tertiary alicyclic amines) is 1. The second-order valence-electron chi connectivity index (χ2n) is 7.67. The third-order valence-electron chi connectivity index (χ3n) is 5.71. The van der Waals surface area contributed by atoms with E-state index in [1.54, 1.807) is 6.33 Å². The third kappa shape index (κ3) is 3.72. The molecule has 0 spiro atoms. The molecular weight excluding hydrogens is 326 g/mol. The Morgan fingerprint density at radius 2 is 1.88 bits per heavy atom. The molecule has 7 nitrogen and oxygen atoms in total. The Hall–Kier alpha value is -2.02. The number of hydrogen-bond acceptors (Lipinski definition) is 6. The smallest absolute Gasteiger partial charge is 0.146 e. The van der Waals surface area contributed by atoms with Crippen molar-refractivity contribution in [1.82, 2.24) is 29.6 Å². The molecule has 4 heterocycles. The molecule has 2 saturated heterocycles. The van der Waals surface area contributed by atoms with Crippen LogP contribution in [-0.2, 0) is 13.6 Å². The SMILES string of the molecule is Cc1cc(N2CCC[C@H](c3nnc(CN4CCCCC4)n3C)C2)ncn1. The predicted octanol–water partition coefficient (Wildman–Crippen LogP) is 2.28. The van der Waals surface area contributed by atoms with Gasteiger partial charge in [0.2, 0.25) is 0 Å². The van der Waals surface area contributed by atoms with Gasteiger partial charge in [0, 0.05) is 37.8 Å². The van der Waals surface area contributed by atoms with Crippen LogP contribution in [0.5, 0.6) is 0 Å². The van der Waals surface area contributed by atoms with E-state index in [9.17, 15) is 0 Å². The summed E-state index contributed by atoms with van der Waals surface area (Å²) < 4.78 is 2.23. The lowest BCUT2D eigenvalue weighted by Crippen LogP contribution is -2.36. The molecule has 2 aromatic rings. The lowest BCUT2D eigenvalue weighted by atomic mass is 9.97. The van der Waals surface area contributed by atoms with Gasteiger partial charge in [-0.25, -0.2) is 9.97 Å². The minimum absolute atomic E-state index is 0.409. The molecule has 4 rings (SSSR count). The van der Waals surface area contributed by atoms with Crippen LogP contribution in [-0.4, -0.2) is 55.8 Å². The Balaban J connectivity index is 1.46. The molecule has 2 fully saturated rings. The number of aromatic nitrogens is 5. The Morgan fingerprint density at radius 1 is 1.04 bits per heavy atom. The molecule has 0 amide bonds. The summed E-state index contributed by atoms with van der Waals surface area (Å²) in [6.07, 6.45) is 7.95. The minimum atomic E-state index is 0.409. The van der Waals surface area contributed by atoms with E-state index in [1.165, 1.54) is 32.4 Å². The van der Waals surface area contributed by atoms with Crippen LogP contribution in [0.3, 0.4) is 0 Å². The molecule has 26 heavy (non-hydrogen) atoms. The summed E-state index contributed by atoms with van der Waals surface area (Å²) in [6, 6.07) is 2.07. The van der Waals surface area contributed by atoms with Gasteiger partial charge in [-0.05, 0) is 45.7 Å². The fourth-order valence-corrected chi connectivity index (χ4v) is 4.20. The summed E-state index contributed by atoms with van der Waals surface area (Å²) in [4.78, 5) is 13.5. The normalized spacial score (nSPS) is 21.9. The molecule has 0 aliphatic carbocycles. The van der Waals surface area contributed by atoms with Crippen molar-refractivity contribution in [3.8, 4) is 0 Å². The van der Waals surface area contributed by atoms with Crippen LogP contribution in [0, 0.1) is 6.92 Å². The third-order valence-corrected chi connectivity index (χ3v) is 5.71. The van der Waals surface area contributed by atoms with E-state index in [0.29, 0.717) is 5.92 Å². The van der Waals surface area contributed by atoms with Crippen molar-refractivity contribution >= 4 is 5.82 Å². The number of rotatable bonds is 4. The molecule has 0 radical (unpaired) electrons. The maximum atomic E-state index is 4.58. The maximum Gasteiger partial charge on any atom is 0.146 e. The molecule has 0 N–H and O–H groups in total. The Kier molecular flexibility index (Phi) is 5.15. The first-order chi connectivity index (χ1) is 12.7. The first kappa shape index (κ1) is 17.4. The van der Waals surface area contributed by atoms with Gasteiger partial charge < -0.3 is 9.47 Å². The van der Waals surface area contributed by atoms with E-state index in [-0.39, 0.29) is 0 Å². The van der Waals surface area contributed by atoms with Crippen LogP contribution < -0.4 is 4.90 Å². The zero-order chi connectivity index (χ0) is 17.9. The summed E-state index contributed by atoms with van der Waals surface area (Å²) >= 11 is 0. The first-order valence-corrected chi connectivity index (χ1v) is 9.85. The predicted molar refractivity (Wildman–Crippen MR) is 101 cm³/mol. The van der Waals surface area contributed by atoms with Crippen molar-refractivity contribution in [2.45, 2.75) is 51.5 Å². The molecule has 140 valence electrons. The lowest BCUT2D eigenvalue weighted by molar-refractivity contribution is 0.213. The van der Waals surface area contributed by atoms with Crippen molar-refractivity contribution in [2.24, 2.45) is 7.05 Å². The summed E-state index contributed by atoms with van der Waals surface area (Å²) in [5.41, 5.74) is 1.01. The van der Waals surface area contributed by atoms with Crippen molar-refractivity contribution < 1.29 is 0 Å². The monoisotopic (exact) mass is 355 g/mol. The number of aryl methyl sites for hydroxylation is 1. The molecular formula is C19H29N7. The highest BCUT2D eigenvalue weighted by Crippen LogP contribution is 2.28. The minimum Gasteiger partial charge on any atom is -0.356 e. The average Bonchev–Trinajstić information content (AvgIpc) is 3.03. The second kappa shape index (κ2) is 7.70. The van der Waals surface area contributed by atoms with E-state index in [1.807, 2.05) is 6.92 Å². The zero-order valence-corrected chi connectivity index (χ0v) is 15.9. The van der Waals surface area contributed by atoms with Crippen LogP contribution in [0.15, 0.2) is 12.4 Å². The van der Waals surface area contributed by atoms with Gasteiger partial charge in [-0.15, -0.1) is 10.2 Å². The van der Waals surface area contributed by atoms with Gasteiger partial charge in [0.1, 0.15) is 23.8 Å². The van der Waals surface area contributed by atoms with Gasteiger partial charge in [-0.1, -0.05) is 6.42 Å². The van der Waals surface area contributed by atoms with E-state index in [2.05, 4.69) is 47.6 Å². The summed E-state index contributed by atoms with van der Waals surface area (Å²) in [7, 11) is 2.13. The number of nitrogens with zero attached hydrogens (tertiary/aromatic N) is 7. The van der Waals surface area contributed by atoms with Gasteiger partial charge in [0.25, 0.3) is 0 Å². The number of anilines is 1. The molecule has 0 unspecified atom stereocenters. The quantitative estimate of drug-likeness (QED) is 0.838. The van der Waals surface area contributed by atoms with E-state index in [0.717, 1.165) is 55.6 Å². The number of hydrogen-bond donors (Lipinski definition) is 0. The van der Waals surface area contributed by atoms with Gasteiger partial charge in [-0.3, -0.25) is 4.90 Å². The lowest BCUT2D eigenvalue weighted by Gasteiger charge is -2.33. The first-order valence-electron chi connectivity index (χ1n) is 9.85. The largest absolute Gasteiger partial charge is 0.356 e. The van der Waals surface area contributed by atoms with E-state index in [4.69, 9.17) is 0 Å². The Labute approximate surface area is 155 Å². The van der Waals surface area contributed by atoms with Crippen molar-refractivity contribution in [2.75, 3.05) is 31.1 Å². The highest BCUT2D eigenvalue weighted by Gasteiger charge is 2.27. The average molecular weight is 355 g/mol. The van der Waals surface area contributed by atoms with E-state index >= 15 is 0 Å². The van der Waals surface area contributed by atoms with Gasteiger partial charge >= 0.3 is 0 Å². The fraction of sp³-hybridized carbons (Fsp3) is 0.684. The Morgan fingerprint density at radius 3 is 2.69 bits per heavy atom. The number of piperidine rings is 2. The fourth-order valence-electron chi connectivity index (χ4n) is 4.20. The zero-order valence-electron chi connectivity index (χ0n) is 15.9. The van der Waals surface area contributed by atoms with Crippen molar-refractivity contribution in [3.63, 3.8) is 0 Å². The Bertz CT molecular complexity index is 735. The molecule has 2 aliphatic rings. The maximum absolute atomic E-state index is 4.58. The summed E-state index contributed by atoms with van der Waals surface area (Å²) in [6.45, 7) is 7.31. The van der Waals surface area contributed by atoms with Gasteiger partial charge in [0.15, 0.2) is 0 Å². The van der Waals surface area contributed by atoms with Crippen LogP contribution >= 0.6 is 0 Å². The van der Waals surface area contributed by atoms with Crippen LogP contribution in [0.1, 0.15) is 55.4 Å². The van der Waals surface area contributed by atoms with Crippen LogP contribution in [0.2, 0.25) is 0 Å². The van der Waals surface area contributed by atoms with Gasteiger partial charge in [-0.2, -0.15) is 0 Å². The molecule has 2 aromatic heterocycles. The highest BCUT2D eigenvalue weighted by atomic mass is 15.3. The molecule has 2 aliphatic heterocycles. The highest BCUT2D eigenvalue weighted by molar-refractivity contribution is 5.39.